The van der Waals surface area contributed by atoms with Gasteiger partial charge in [0.25, 0.3) is 0 Å². The summed E-state index contributed by atoms with van der Waals surface area (Å²) < 4.78 is 0. The van der Waals surface area contributed by atoms with Crippen LogP contribution in [0.4, 0.5) is 0 Å². The van der Waals surface area contributed by atoms with Crippen molar-refractivity contribution in [2.45, 2.75) is 45.4 Å². The summed E-state index contributed by atoms with van der Waals surface area (Å²) in [6, 6.07) is 16.7. The van der Waals surface area contributed by atoms with E-state index in [4.69, 9.17) is 0 Å². The fourth-order valence-corrected chi connectivity index (χ4v) is 4.57. The molecule has 4 rings (SSSR count). The van der Waals surface area contributed by atoms with Crippen molar-refractivity contribution in [2.24, 2.45) is 5.92 Å². The molecule has 1 N–H and O–H groups in total. The number of H-pyrrole nitrogens is 1. The van der Waals surface area contributed by atoms with Gasteiger partial charge in [0.15, 0.2) is 0 Å². The van der Waals surface area contributed by atoms with Crippen LogP contribution < -0.4 is 0 Å². The Morgan fingerprint density at radius 1 is 1.13 bits per heavy atom. The van der Waals surface area contributed by atoms with Gasteiger partial charge in [-0.05, 0) is 67.9 Å². The van der Waals surface area contributed by atoms with Gasteiger partial charge in [-0.1, -0.05) is 43.2 Å². The number of aromatic nitrogens is 1. The van der Waals surface area contributed by atoms with Crippen LogP contribution in [0.15, 0.2) is 54.7 Å². The highest BCUT2D eigenvalue weighted by Crippen LogP contribution is 2.32. The van der Waals surface area contributed by atoms with E-state index in [2.05, 4.69) is 71.1 Å². The lowest BCUT2D eigenvalue weighted by atomic mass is 9.87. The monoisotopic (exact) mass is 398 g/mol. The van der Waals surface area contributed by atoms with E-state index >= 15 is 0 Å². The number of nitrogens with one attached hydrogen (secondary N) is 1. The molecule has 1 atom stereocenters. The summed E-state index contributed by atoms with van der Waals surface area (Å²) in [5.41, 5.74) is 4.52. The summed E-state index contributed by atoms with van der Waals surface area (Å²) >= 11 is 0. The second-order valence-electron chi connectivity index (χ2n) is 8.42. The maximum absolute atomic E-state index is 13.7. The standard InChI is InChI=1S/C27H30N2O/c1-3-7-21-8-4-5-9-22(21)12-13-25(27(30)29-18-15-20(2)16-19-29)23-10-6-11-26-24(23)14-17-28-26/h4-6,8-11,14,17,20,25,28H,12-13,15-16,18-19H2,1-2H3. The van der Waals surface area contributed by atoms with Crippen molar-refractivity contribution in [1.29, 1.82) is 0 Å². The predicted octanol–water partition coefficient (Wildman–Crippen LogP) is 5.51. The molecule has 3 heteroatoms. The van der Waals surface area contributed by atoms with E-state index in [9.17, 15) is 4.79 Å². The van der Waals surface area contributed by atoms with Gasteiger partial charge in [0.1, 0.15) is 0 Å². The Morgan fingerprint density at radius 3 is 2.73 bits per heavy atom. The van der Waals surface area contributed by atoms with E-state index in [-0.39, 0.29) is 11.8 Å². The van der Waals surface area contributed by atoms with Crippen LogP contribution >= 0.6 is 0 Å². The highest BCUT2D eigenvalue weighted by molar-refractivity contribution is 5.92. The minimum atomic E-state index is -0.138. The molecule has 1 aromatic heterocycles. The Kier molecular flexibility index (Phi) is 6.23. The van der Waals surface area contributed by atoms with E-state index in [1.165, 1.54) is 5.56 Å². The van der Waals surface area contributed by atoms with Gasteiger partial charge in [-0.25, -0.2) is 0 Å². The molecule has 1 fully saturated rings. The molecule has 0 saturated carbocycles. The van der Waals surface area contributed by atoms with E-state index in [0.29, 0.717) is 5.92 Å². The quantitative estimate of drug-likeness (QED) is 0.565. The zero-order valence-electron chi connectivity index (χ0n) is 17.9. The molecule has 2 aromatic carbocycles. The molecule has 1 saturated heterocycles. The van der Waals surface area contributed by atoms with Gasteiger partial charge in [0.05, 0.1) is 5.92 Å². The lowest BCUT2D eigenvalue weighted by Crippen LogP contribution is -2.40. The van der Waals surface area contributed by atoms with Crippen LogP contribution in [-0.2, 0) is 11.2 Å². The predicted molar refractivity (Wildman–Crippen MR) is 123 cm³/mol. The van der Waals surface area contributed by atoms with Crippen LogP contribution in [0, 0.1) is 17.8 Å². The van der Waals surface area contributed by atoms with Gasteiger partial charge in [-0.3, -0.25) is 4.79 Å². The third-order valence-corrected chi connectivity index (χ3v) is 6.38. The van der Waals surface area contributed by atoms with Crippen molar-refractivity contribution >= 4 is 16.8 Å². The van der Waals surface area contributed by atoms with E-state index in [0.717, 1.165) is 60.8 Å². The van der Waals surface area contributed by atoms with Crippen LogP contribution in [0.2, 0.25) is 0 Å². The fourth-order valence-electron chi connectivity index (χ4n) is 4.57. The molecular formula is C27H30N2O. The number of fused-ring (bicyclic) bond motifs is 1. The SMILES string of the molecule is CC#Cc1ccccc1CCC(C(=O)N1CCC(C)CC1)c1cccc2[nH]ccc12. The number of likely N-dealkylation sites (tertiary alicyclic amines) is 1. The maximum Gasteiger partial charge on any atom is 0.230 e. The Labute approximate surface area is 179 Å². The van der Waals surface area contributed by atoms with Crippen LogP contribution in [0.25, 0.3) is 10.9 Å². The van der Waals surface area contributed by atoms with E-state index in [1.807, 2.05) is 19.2 Å². The highest BCUT2D eigenvalue weighted by Gasteiger charge is 2.29. The van der Waals surface area contributed by atoms with Gasteiger partial charge in [0.2, 0.25) is 5.91 Å². The van der Waals surface area contributed by atoms with Gasteiger partial charge < -0.3 is 9.88 Å². The first-order valence-electron chi connectivity index (χ1n) is 11.0. The normalized spacial score (nSPS) is 15.6. The molecule has 1 aliphatic heterocycles. The Hall–Kier alpha value is -2.99. The van der Waals surface area contributed by atoms with E-state index in [1.54, 1.807) is 0 Å². The molecule has 1 unspecified atom stereocenters. The first kappa shape index (κ1) is 20.3. The lowest BCUT2D eigenvalue weighted by molar-refractivity contribution is -0.134. The summed E-state index contributed by atoms with van der Waals surface area (Å²) in [5.74, 6) is 7.07. The fraction of sp³-hybridized carbons (Fsp3) is 0.370. The molecule has 3 nitrogen and oxygen atoms in total. The molecule has 3 aromatic rings. The number of benzene rings is 2. The molecule has 0 aliphatic carbocycles. The van der Waals surface area contributed by atoms with Crippen molar-refractivity contribution in [2.75, 3.05) is 13.1 Å². The molecule has 0 bridgehead atoms. The Bertz CT molecular complexity index is 1080. The molecular weight excluding hydrogens is 368 g/mol. The topological polar surface area (TPSA) is 36.1 Å². The number of piperidine rings is 1. The number of carbonyl (C=O) groups excluding carboxylic acids is 1. The Morgan fingerprint density at radius 2 is 1.93 bits per heavy atom. The van der Waals surface area contributed by atoms with Gasteiger partial charge in [-0.2, -0.15) is 0 Å². The van der Waals surface area contributed by atoms with Crippen LogP contribution in [0.3, 0.4) is 0 Å². The van der Waals surface area contributed by atoms with Crippen molar-refractivity contribution in [1.82, 2.24) is 9.88 Å². The average molecular weight is 399 g/mol. The van der Waals surface area contributed by atoms with Crippen molar-refractivity contribution in [3.63, 3.8) is 0 Å². The van der Waals surface area contributed by atoms with Crippen molar-refractivity contribution in [3.8, 4) is 11.8 Å². The number of rotatable bonds is 5. The third kappa shape index (κ3) is 4.28. The number of hydrogen-bond acceptors (Lipinski definition) is 1. The Balaban J connectivity index is 1.65. The van der Waals surface area contributed by atoms with Gasteiger partial charge in [-0.15, -0.1) is 5.92 Å². The van der Waals surface area contributed by atoms with Gasteiger partial charge in [0, 0.05) is 35.8 Å². The van der Waals surface area contributed by atoms with Gasteiger partial charge >= 0.3 is 0 Å². The molecule has 30 heavy (non-hydrogen) atoms. The molecule has 1 aliphatic rings. The number of nitrogens with zero attached hydrogens (tertiary/aromatic N) is 1. The molecule has 0 radical (unpaired) electrons. The lowest BCUT2D eigenvalue weighted by Gasteiger charge is -2.33. The number of hydrogen-bond donors (Lipinski definition) is 1. The number of carbonyl (C=O) groups is 1. The van der Waals surface area contributed by atoms with Crippen LogP contribution in [0.1, 0.15) is 55.7 Å². The first-order valence-corrected chi connectivity index (χ1v) is 11.0. The minimum absolute atomic E-state index is 0.138. The third-order valence-electron chi connectivity index (χ3n) is 6.38. The summed E-state index contributed by atoms with van der Waals surface area (Å²) in [7, 11) is 0. The van der Waals surface area contributed by atoms with Crippen LogP contribution in [-0.4, -0.2) is 28.9 Å². The highest BCUT2D eigenvalue weighted by atomic mass is 16.2. The largest absolute Gasteiger partial charge is 0.361 e. The zero-order valence-corrected chi connectivity index (χ0v) is 17.9. The van der Waals surface area contributed by atoms with E-state index < -0.39 is 0 Å². The second-order valence-corrected chi connectivity index (χ2v) is 8.42. The maximum atomic E-state index is 13.7. The number of aromatic amines is 1. The summed E-state index contributed by atoms with van der Waals surface area (Å²) in [6.07, 6.45) is 5.79. The number of amides is 1. The molecule has 0 spiro atoms. The second kappa shape index (κ2) is 9.22. The van der Waals surface area contributed by atoms with Crippen LogP contribution in [0.5, 0.6) is 0 Å². The summed E-state index contributed by atoms with van der Waals surface area (Å²) in [6.45, 7) is 5.90. The molecule has 2 heterocycles. The summed E-state index contributed by atoms with van der Waals surface area (Å²) in [4.78, 5) is 19.1. The smallest absolute Gasteiger partial charge is 0.230 e. The molecule has 154 valence electrons. The van der Waals surface area contributed by atoms with Crippen molar-refractivity contribution < 1.29 is 4.79 Å². The molecule has 1 amide bonds. The van der Waals surface area contributed by atoms with Crippen molar-refractivity contribution in [3.05, 3.63) is 71.4 Å². The summed E-state index contributed by atoms with van der Waals surface area (Å²) in [5, 5.41) is 1.16. The average Bonchev–Trinajstić information content (AvgIpc) is 3.25. The number of aryl methyl sites for hydroxylation is 1. The minimum Gasteiger partial charge on any atom is -0.361 e. The first-order chi connectivity index (χ1) is 14.7. The zero-order chi connectivity index (χ0) is 20.9.